The van der Waals surface area contributed by atoms with E-state index in [0.29, 0.717) is 6.42 Å². The predicted molar refractivity (Wildman–Crippen MR) is 148 cm³/mol. The van der Waals surface area contributed by atoms with Crippen molar-refractivity contribution in [2.75, 3.05) is 0 Å². The van der Waals surface area contributed by atoms with Crippen molar-refractivity contribution >= 4 is 23.3 Å². The topological polar surface area (TPSA) is 138 Å². The van der Waals surface area contributed by atoms with E-state index in [4.69, 9.17) is 4.74 Å². The first-order chi connectivity index (χ1) is 18.1. The number of ether oxygens (including phenoxy) is 1. The van der Waals surface area contributed by atoms with E-state index < -0.39 is 62.6 Å². The average Bonchev–Trinajstić information content (AvgIpc) is 3.00. The summed E-state index contributed by atoms with van der Waals surface area (Å²) in [6.45, 7) is 15.1. The van der Waals surface area contributed by atoms with Crippen molar-refractivity contribution < 1.29 is 39.2 Å². The fourth-order valence-electron chi connectivity index (χ4n) is 8.96. The summed E-state index contributed by atoms with van der Waals surface area (Å²) in [7, 11) is 0. The second-order valence-corrected chi connectivity index (χ2v) is 14.5. The highest BCUT2D eigenvalue weighted by atomic mass is 16.6. The van der Waals surface area contributed by atoms with Crippen LogP contribution in [0, 0.1) is 39.4 Å². The lowest BCUT2D eigenvalue weighted by Crippen LogP contribution is -2.64. The molecule has 0 heterocycles. The third kappa shape index (κ3) is 4.00. The number of fused-ring (bicyclic) bond motifs is 5. The third-order valence-electron chi connectivity index (χ3n) is 11.1. The Bertz CT molecular complexity index is 1260. The van der Waals surface area contributed by atoms with Gasteiger partial charge < -0.3 is 20.1 Å². The molecule has 0 unspecified atom stereocenters. The lowest BCUT2D eigenvalue weighted by Gasteiger charge is -2.63. The molecule has 8 atom stereocenters. The number of ketones is 3. The molecule has 3 N–H and O–H groups in total. The van der Waals surface area contributed by atoms with E-state index in [1.54, 1.807) is 13.8 Å². The molecule has 0 spiro atoms. The Hall–Kier alpha value is -2.58. The monoisotopic (exact) mass is 556 g/mol. The maximum Gasteiger partial charge on any atom is 0.303 e. The van der Waals surface area contributed by atoms with Gasteiger partial charge in [0.15, 0.2) is 17.1 Å². The van der Waals surface area contributed by atoms with Gasteiger partial charge in [-0.3, -0.25) is 19.2 Å². The lowest BCUT2D eigenvalue weighted by molar-refractivity contribution is -0.191. The summed E-state index contributed by atoms with van der Waals surface area (Å²) in [5.74, 6) is -3.73. The van der Waals surface area contributed by atoms with Crippen molar-refractivity contribution in [3.63, 3.8) is 0 Å². The molecule has 0 aromatic carbocycles. The van der Waals surface area contributed by atoms with Gasteiger partial charge in [-0.25, -0.2) is 0 Å². The first-order valence-electron chi connectivity index (χ1n) is 14.1. The molecule has 0 aromatic rings. The molecule has 0 aromatic heterocycles. The molecular weight excluding hydrogens is 512 g/mol. The van der Waals surface area contributed by atoms with Crippen LogP contribution in [0.4, 0.5) is 0 Å². The Morgan fingerprint density at radius 1 is 1.07 bits per heavy atom. The van der Waals surface area contributed by atoms with Crippen LogP contribution in [0.15, 0.2) is 35.6 Å². The van der Waals surface area contributed by atoms with Crippen molar-refractivity contribution in [1.82, 2.24) is 0 Å². The first kappa shape index (κ1) is 30.4. The molecule has 40 heavy (non-hydrogen) atoms. The zero-order valence-corrected chi connectivity index (χ0v) is 25.1. The molecule has 4 aliphatic rings. The number of aliphatic hydroxyl groups excluding tert-OH is 2. The maximum atomic E-state index is 14.4. The Labute approximate surface area is 236 Å². The molecule has 0 radical (unpaired) electrons. The van der Waals surface area contributed by atoms with Gasteiger partial charge >= 0.3 is 5.97 Å². The minimum Gasteiger partial charge on any atom is -0.505 e. The fourth-order valence-corrected chi connectivity index (χ4v) is 8.96. The van der Waals surface area contributed by atoms with Crippen molar-refractivity contribution in [3.05, 3.63) is 35.6 Å². The fraction of sp³-hybridized carbons (Fsp3) is 0.688. The van der Waals surface area contributed by atoms with E-state index in [2.05, 4.69) is 0 Å². The minimum absolute atomic E-state index is 0.0182. The quantitative estimate of drug-likeness (QED) is 0.260. The van der Waals surface area contributed by atoms with Crippen LogP contribution in [0.25, 0.3) is 0 Å². The Morgan fingerprint density at radius 2 is 1.68 bits per heavy atom. The van der Waals surface area contributed by atoms with Gasteiger partial charge in [0.1, 0.15) is 5.78 Å². The molecule has 0 aliphatic heterocycles. The van der Waals surface area contributed by atoms with Crippen LogP contribution in [0.2, 0.25) is 0 Å². The first-order valence-corrected chi connectivity index (χ1v) is 14.1. The Kier molecular flexibility index (Phi) is 6.80. The van der Waals surface area contributed by atoms with Crippen LogP contribution in [-0.4, -0.2) is 55.9 Å². The number of carbonyl (C=O) groups is 4. The molecule has 2 saturated carbocycles. The summed E-state index contributed by atoms with van der Waals surface area (Å²) in [6.07, 6.45) is 5.76. The highest BCUT2D eigenvalue weighted by Crippen LogP contribution is 2.74. The van der Waals surface area contributed by atoms with Crippen LogP contribution in [-0.2, 0) is 23.9 Å². The second kappa shape index (κ2) is 8.96. The number of aliphatic hydroxyl groups is 3. The maximum absolute atomic E-state index is 14.4. The molecule has 0 amide bonds. The number of allylic oxidation sites excluding steroid dienone is 4. The van der Waals surface area contributed by atoms with Gasteiger partial charge in [0, 0.05) is 30.6 Å². The number of hydrogen-bond acceptors (Lipinski definition) is 8. The van der Waals surface area contributed by atoms with Gasteiger partial charge in [-0.1, -0.05) is 38.5 Å². The van der Waals surface area contributed by atoms with E-state index in [0.717, 1.165) is 5.57 Å². The zero-order chi connectivity index (χ0) is 30.4. The van der Waals surface area contributed by atoms with Gasteiger partial charge in [-0.2, -0.15) is 0 Å². The summed E-state index contributed by atoms with van der Waals surface area (Å²) in [4.78, 5) is 53.3. The summed E-state index contributed by atoms with van der Waals surface area (Å²) in [5.41, 5.74) is -5.78. The Balaban J connectivity index is 1.87. The van der Waals surface area contributed by atoms with E-state index in [1.165, 1.54) is 45.9 Å². The summed E-state index contributed by atoms with van der Waals surface area (Å²) in [5, 5.41) is 32.5. The summed E-state index contributed by atoms with van der Waals surface area (Å²) < 4.78 is 5.73. The number of hydrogen-bond donors (Lipinski definition) is 3. The van der Waals surface area contributed by atoms with Gasteiger partial charge in [0.2, 0.25) is 5.78 Å². The van der Waals surface area contributed by atoms with Crippen LogP contribution >= 0.6 is 0 Å². The number of Topliss-reactive ketones (excluding diaryl/α,β-unsaturated/α-hetero) is 2. The van der Waals surface area contributed by atoms with E-state index in [9.17, 15) is 34.5 Å². The molecular formula is C32H44O8. The second-order valence-electron chi connectivity index (χ2n) is 14.5. The SMILES string of the molecule is CC(=O)O[C@@](C)(C(=O)/C=C/C(C)(C)O)[C@H]1[C@H](O)C[C@@]2(C)[C@@H]3CC=C4[C@@H](C=C(O)C(=O)C4(C)C)[C@]3(C)C(=O)C[C@]12C. The molecule has 8 heteroatoms. The van der Waals surface area contributed by atoms with Crippen LogP contribution in [0.1, 0.15) is 81.6 Å². The number of rotatable bonds is 5. The molecule has 4 rings (SSSR count). The lowest BCUT2D eigenvalue weighted by atomic mass is 9.39. The smallest absolute Gasteiger partial charge is 0.303 e. The highest BCUT2D eigenvalue weighted by Gasteiger charge is 2.75. The van der Waals surface area contributed by atoms with Crippen LogP contribution in [0.3, 0.4) is 0 Å². The molecule has 0 bridgehead atoms. The number of esters is 1. The normalized spacial score (nSPS) is 40.4. The van der Waals surface area contributed by atoms with Gasteiger partial charge in [-0.05, 0) is 76.4 Å². The highest BCUT2D eigenvalue weighted by molar-refractivity contribution is 6.02. The summed E-state index contributed by atoms with van der Waals surface area (Å²) >= 11 is 0. The average molecular weight is 557 g/mol. The van der Waals surface area contributed by atoms with Crippen molar-refractivity contribution in [2.45, 2.75) is 98.9 Å². The molecule has 2 fully saturated rings. The predicted octanol–water partition coefficient (Wildman–Crippen LogP) is 4.19. The van der Waals surface area contributed by atoms with Crippen molar-refractivity contribution in [3.8, 4) is 0 Å². The van der Waals surface area contributed by atoms with E-state index in [1.807, 2.05) is 26.8 Å². The third-order valence-corrected chi connectivity index (χ3v) is 11.1. The largest absolute Gasteiger partial charge is 0.505 e. The van der Waals surface area contributed by atoms with Gasteiger partial charge in [0.05, 0.1) is 17.1 Å². The van der Waals surface area contributed by atoms with Crippen LogP contribution in [0.5, 0.6) is 0 Å². The standard InChI is InChI=1S/C32H44O8/c1-17(33)40-32(9,23(36)12-13-27(2,3)39)25-21(35)15-29(6)22-11-10-18-19(14-20(34)26(38)28(18,4)5)31(22,8)24(37)16-30(25,29)7/h10,12-14,19,21-22,25,34-35,39H,11,15-16H2,1-9H3/b13-12+/t19-,21-,22+,25+,29+,30-,31+,32+/m1/s1. The van der Waals surface area contributed by atoms with Crippen LogP contribution < -0.4 is 0 Å². The molecule has 0 saturated heterocycles. The summed E-state index contributed by atoms with van der Waals surface area (Å²) in [6, 6.07) is 0. The molecule has 4 aliphatic carbocycles. The Morgan fingerprint density at radius 3 is 2.23 bits per heavy atom. The molecule has 220 valence electrons. The van der Waals surface area contributed by atoms with Crippen molar-refractivity contribution in [2.24, 2.45) is 39.4 Å². The number of carbonyl (C=O) groups excluding carboxylic acids is 4. The molecule has 8 nitrogen and oxygen atoms in total. The van der Waals surface area contributed by atoms with Gasteiger partial charge in [0.25, 0.3) is 0 Å². The van der Waals surface area contributed by atoms with E-state index in [-0.39, 0.29) is 36.1 Å². The van der Waals surface area contributed by atoms with Crippen molar-refractivity contribution in [1.29, 1.82) is 0 Å². The minimum atomic E-state index is -1.79. The van der Waals surface area contributed by atoms with E-state index >= 15 is 0 Å². The zero-order valence-electron chi connectivity index (χ0n) is 25.1. The van der Waals surface area contributed by atoms with Gasteiger partial charge in [-0.15, -0.1) is 0 Å².